The molecule has 0 saturated carbocycles. The number of rotatable bonds is 3. The fourth-order valence-electron chi connectivity index (χ4n) is 0.790. The summed E-state index contributed by atoms with van der Waals surface area (Å²) in [6, 6.07) is 0. The summed E-state index contributed by atoms with van der Waals surface area (Å²) >= 11 is 0. The standard InChI is InChI=1S/C10H19O2/c1-9(2,3)6-7-10(4,5)8(11)12/h6-7H2,1-5H3. The lowest BCUT2D eigenvalue weighted by Crippen LogP contribution is -2.24. The predicted molar refractivity (Wildman–Crippen MR) is 48.2 cm³/mol. The number of carbonyl (C=O) groups is 1. The lowest BCUT2D eigenvalue weighted by Gasteiger charge is -2.24. The molecule has 0 aliphatic rings. The van der Waals surface area contributed by atoms with Crippen molar-refractivity contribution in [3.8, 4) is 0 Å². The van der Waals surface area contributed by atoms with Crippen LogP contribution in [0.25, 0.3) is 0 Å². The van der Waals surface area contributed by atoms with Gasteiger partial charge in [-0.25, -0.2) is 9.90 Å². The molecule has 2 heteroatoms. The van der Waals surface area contributed by atoms with Crippen LogP contribution in [0.5, 0.6) is 0 Å². The minimum atomic E-state index is -0.952. The molecular weight excluding hydrogens is 152 g/mol. The van der Waals surface area contributed by atoms with Crippen molar-refractivity contribution in [1.82, 2.24) is 0 Å². The van der Waals surface area contributed by atoms with Gasteiger partial charge in [0, 0.05) is 0 Å². The van der Waals surface area contributed by atoms with E-state index in [2.05, 4.69) is 20.8 Å². The summed E-state index contributed by atoms with van der Waals surface area (Å²) in [6.45, 7) is 9.76. The SMILES string of the molecule is CC(C)(C)CCC(C)(C)C([O])=O. The molecule has 0 unspecified atom stereocenters. The number of hydrogen-bond donors (Lipinski definition) is 0. The average Bonchev–Trinajstić information content (AvgIpc) is 1.82. The van der Waals surface area contributed by atoms with Crippen LogP contribution >= 0.6 is 0 Å². The van der Waals surface area contributed by atoms with E-state index in [1.807, 2.05) is 0 Å². The first-order chi connectivity index (χ1) is 5.15. The normalized spacial score (nSPS) is 13.1. The van der Waals surface area contributed by atoms with Gasteiger partial charge in [-0.05, 0) is 32.1 Å². The first kappa shape index (κ1) is 11.5. The Balaban J connectivity index is 4.01. The Hall–Kier alpha value is -0.530. The average molecular weight is 171 g/mol. The molecule has 1 radical (unpaired) electrons. The molecule has 0 spiro atoms. The van der Waals surface area contributed by atoms with Crippen LogP contribution in [-0.4, -0.2) is 5.97 Å². The highest BCUT2D eigenvalue weighted by Gasteiger charge is 2.30. The zero-order valence-electron chi connectivity index (χ0n) is 8.73. The molecule has 12 heavy (non-hydrogen) atoms. The van der Waals surface area contributed by atoms with Crippen LogP contribution < -0.4 is 0 Å². The highest BCUT2D eigenvalue weighted by atomic mass is 16.4. The van der Waals surface area contributed by atoms with Crippen molar-refractivity contribution in [2.75, 3.05) is 0 Å². The minimum Gasteiger partial charge on any atom is -0.247 e. The lowest BCUT2D eigenvalue weighted by molar-refractivity contribution is -0.154. The molecule has 0 saturated heterocycles. The van der Waals surface area contributed by atoms with Gasteiger partial charge in [0.2, 0.25) is 0 Å². The monoisotopic (exact) mass is 171 g/mol. The van der Waals surface area contributed by atoms with E-state index in [0.29, 0.717) is 6.42 Å². The second-order valence-corrected chi connectivity index (χ2v) is 5.23. The Labute approximate surface area is 75.0 Å². The third-order valence-electron chi connectivity index (χ3n) is 2.05. The third-order valence-corrected chi connectivity index (χ3v) is 2.05. The predicted octanol–water partition coefficient (Wildman–Crippen LogP) is 2.80. The van der Waals surface area contributed by atoms with E-state index in [0.717, 1.165) is 6.42 Å². The molecule has 0 aliphatic heterocycles. The largest absolute Gasteiger partial charge is 0.361 e. The van der Waals surface area contributed by atoms with Gasteiger partial charge in [-0.2, -0.15) is 0 Å². The molecule has 0 rings (SSSR count). The highest BCUT2D eigenvalue weighted by Crippen LogP contribution is 2.30. The summed E-state index contributed by atoms with van der Waals surface area (Å²) in [5.41, 5.74) is -0.486. The van der Waals surface area contributed by atoms with Crippen molar-refractivity contribution < 1.29 is 9.90 Å². The van der Waals surface area contributed by atoms with Crippen LogP contribution in [0.4, 0.5) is 0 Å². The summed E-state index contributed by atoms with van der Waals surface area (Å²) < 4.78 is 0. The van der Waals surface area contributed by atoms with Gasteiger partial charge >= 0.3 is 5.97 Å². The maximum atomic E-state index is 10.6. The molecule has 2 nitrogen and oxygen atoms in total. The van der Waals surface area contributed by atoms with Crippen molar-refractivity contribution >= 4 is 5.97 Å². The van der Waals surface area contributed by atoms with E-state index in [1.165, 1.54) is 0 Å². The van der Waals surface area contributed by atoms with Crippen LogP contribution in [0.15, 0.2) is 0 Å². The summed E-state index contributed by atoms with van der Waals surface area (Å²) in [7, 11) is 0. The summed E-state index contributed by atoms with van der Waals surface area (Å²) in [5.74, 6) is -0.952. The first-order valence-corrected chi connectivity index (χ1v) is 4.37. The van der Waals surface area contributed by atoms with Gasteiger partial charge in [0.15, 0.2) is 0 Å². The zero-order chi connectivity index (χ0) is 9.99. The maximum absolute atomic E-state index is 10.6. The molecule has 0 amide bonds. The van der Waals surface area contributed by atoms with E-state index in [1.54, 1.807) is 13.8 Å². The molecule has 71 valence electrons. The second kappa shape index (κ2) is 3.46. The van der Waals surface area contributed by atoms with E-state index in [-0.39, 0.29) is 5.41 Å². The van der Waals surface area contributed by atoms with Crippen molar-refractivity contribution in [3.05, 3.63) is 0 Å². The van der Waals surface area contributed by atoms with E-state index in [4.69, 9.17) is 0 Å². The van der Waals surface area contributed by atoms with E-state index >= 15 is 0 Å². The molecule has 0 atom stereocenters. The smallest absolute Gasteiger partial charge is 0.247 e. The maximum Gasteiger partial charge on any atom is 0.361 e. The van der Waals surface area contributed by atoms with Crippen LogP contribution in [0.2, 0.25) is 0 Å². The zero-order valence-corrected chi connectivity index (χ0v) is 8.73. The quantitative estimate of drug-likeness (QED) is 0.643. The summed E-state index contributed by atoms with van der Waals surface area (Å²) in [4.78, 5) is 10.6. The second-order valence-electron chi connectivity index (χ2n) is 5.23. The Morgan fingerprint density at radius 2 is 1.42 bits per heavy atom. The van der Waals surface area contributed by atoms with Crippen molar-refractivity contribution in [2.45, 2.75) is 47.5 Å². The highest BCUT2D eigenvalue weighted by molar-refractivity contribution is 5.73. The summed E-state index contributed by atoms with van der Waals surface area (Å²) in [6.07, 6.45) is 1.59. The molecule has 0 heterocycles. The van der Waals surface area contributed by atoms with Gasteiger partial charge < -0.3 is 0 Å². The van der Waals surface area contributed by atoms with Gasteiger partial charge in [-0.3, -0.25) is 0 Å². The van der Waals surface area contributed by atoms with E-state index < -0.39 is 11.4 Å². The Morgan fingerprint density at radius 1 is 1.00 bits per heavy atom. The van der Waals surface area contributed by atoms with Crippen LogP contribution in [0.1, 0.15) is 47.5 Å². The Bertz CT molecular complexity index is 163. The van der Waals surface area contributed by atoms with Crippen LogP contribution in [-0.2, 0) is 9.90 Å². The minimum absolute atomic E-state index is 0.201. The fraction of sp³-hybridized carbons (Fsp3) is 0.900. The summed E-state index contributed by atoms with van der Waals surface area (Å²) in [5, 5.41) is 10.6. The molecule has 0 aromatic heterocycles. The molecule has 0 aromatic carbocycles. The van der Waals surface area contributed by atoms with E-state index in [9.17, 15) is 9.90 Å². The van der Waals surface area contributed by atoms with Gasteiger partial charge in [0.25, 0.3) is 0 Å². The molecule has 0 bridgehead atoms. The van der Waals surface area contributed by atoms with Gasteiger partial charge in [0.05, 0.1) is 5.41 Å². The Morgan fingerprint density at radius 3 is 1.67 bits per heavy atom. The fourth-order valence-corrected chi connectivity index (χ4v) is 0.790. The molecular formula is C10H19O2. The van der Waals surface area contributed by atoms with Gasteiger partial charge in [-0.1, -0.05) is 20.8 Å². The van der Waals surface area contributed by atoms with Crippen LogP contribution in [0.3, 0.4) is 0 Å². The van der Waals surface area contributed by atoms with Gasteiger partial charge in [0.1, 0.15) is 0 Å². The number of hydrogen-bond acceptors (Lipinski definition) is 1. The topological polar surface area (TPSA) is 37.0 Å². The van der Waals surface area contributed by atoms with Crippen LogP contribution in [0, 0.1) is 10.8 Å². The van der Waals surface area contributed by atoms with Gasteiger partial charge in [-0.15, -0.1) is 0 Å². The third kappa shape index (κ3) is 4.37. The molecule has 0 aromatic rings. The molecule has 0 fully saturated rings. The van der Waals surface area contributed by atoms with Crippen molar-refractivity contribution in [2.24, 2.45) is 10.8 Å². The molecule has 0 aliphatic carbocycles. The number of carbonyl (C=O) groups excluding carboxylic acids is 1. The molecule has 0 N–H and O–H groups in total. The Kier molecular flexibility index (Phi) is 3.31. The van der Waals surface area contributed by atoms with Crippen molar-refractivity contribution in [3.63, 3.8) is 0 Å². The first-order valence-electron chi connectivity index (χ1n) is 4.37. The van der Waals surface area contributed by atoms with Crippen molar-refractivity contribution in [1.29, 1.82) is 0 Å². The lowest BCUT2D eigenvalue weighted by atomic mass is 9.80.